The van der Waals surface area contributed by atoms with Gasteiger partial charge in [0.1, 0.15) is 5.60 Å². The van der Waals surface area contributed by atoms with E-state index >= 15 is 0 Å². The number of carbonyl (C=O) groups excluding carboxylic acids is 1. The van der Waals surface area contributed by atoms with Gasteiger partial charge in [0.25, 0.3) is 5.91 Å². The summed E-state index contributed by atoms with van der Waals surface area (Å²) in [6, 6.07) is 4.20. The normalized spacial score (nSPS) is 13.7. The number of ether oxygens (including phenoxy) is 1. The number of amides is 1. The first-order valence-electron chi connectivity index (χ1n) is 5.73. The van der Waals surface area contributed by atoms with Gasteiger partial charge >= 0.3 is 5.97 Å². The quantitative estimate of drug-likeness (QED) is 0.872. The van der Waals surface area contributed by atoms with Gasteiger partial charge in [-0.05, 0) is 31.5 Å². The van der Waals surface area contributed by atoms with Gasteiger partial charge in [-0.2, -0.15) is 0 Å². The molecule has 0 aliphatic carbocycles. The Morgan fingerprint density at radius 1 is 1.47 bits per heavy atom. The molecule has 1 unspecified atom stereocenters. The highest BCUT2D eigenvalue weighted by atomic mass is 35.5. The molecule has 1 atom stereocenters. The highest BCUT2D eigenvalue weighted by molar-refractivity contribution is 6.31. The van der Waals surface area contributed by atoms with Crippen molar-refractivity contribution < 1.29 is 19.4 Å². The van der Waals surface area contributed by atoms with E-state index in [2.05, 4.69) is 5.32 Å². The molecule has 1 aromatic rings. The second kappa shape index (κ2) is 6.04. The first-order chi connectivity index (χ1) is 8.84. The molecule has 104 valence electrons. The number of hydrogen-bond donors (Lipinski definition) is 2. The lowest BCUT2D eigenvalue weighted by Gasteiger charge is -2.25. The number of carboxylic acids is 1. The van der Waals surface area contributed by atoms with Crippen molar-refractivity contribution in [1.82, 2.24) is 0 Å². The van der Waals surface area contributed by atoms with Crippen molar-refractivity contribution in [1.29, 1.82) is 0 Å². The van der Waals surface area contributed by atoms with Crippen molar-refractivity contribution in [2.75, 3.05) is 12.4 Å². The predicted molar refractivity (Wildman–Crippen MR) is 72.7 cm³/mol. The number of methoxy groups -OCH3 is 1. The first-order valence-corrected chi connectivity index (χ1v) is 6.11. The molecule has 0 bridgehead atoms. The van der Waals surface area contributed by atoms with Crippen molar-refractivity contribution in [2.45, 2.75) is 25.9 Å². The van der Waals surface area contributed by atoms with Crippen LogP contribution in [-0.4, -0.2) is 29.7 Å². The van der Waals surface area contributed by atoms with Crippen LogP contribution in [0.25, 0.3) is 0 Å². The maximum atomic E-state index is 12.1. The zero-order valence-electron chi connectivity index (χ0n) is 11.0. The number of carbonyl (C=O) groups is 2. The van der Waals surface area contributed by atoms with E-state index in [-0.39, 0.29) is 11.3 Å². The maximum absolute atomic E-state index is 12.1. The summed E-state index contributed by atoms with van der Waals surface area (Å²) in [5.74, 6) is -1.55. The number of benzene rings is 1. The Morgan fingerprint density at radius 3 is 2.58 bits per heavy atom. The van der Waals surface area contributed by atoms with Crippen molar-refractivity contribution >= 4 is 29.2 Å². The number of anilines is 1. The molecule has 0 aliphatic heterocycles. The van der Waals surface area contributed by atoms with E-state index < -0.39 is 17.5 Å². The van der Waals surface area contributed by atoms with Crippen LogP contribution in [0.3, 0.4) is 0 Å². The largest absolute Gasteiger partial charge is 0.478 e. The summed E-state index contributed by atoms with van der Waals surface area (Å²) in [5.41, 5.74) is -0.882. The third kappa shape index (κ3) is 3.45. The van der Waals surface area contributed by atoms with Gasteiger partial charge in [-0.25, -0.2) is 4.79 Å². The van der Waals surface area contributed by atoms with Crippen molar-refractivity contribution in [3.63, 3.8) is 0 Å². The highest BCUT2D eigenvalue weighted by Crippen LogP contribution is 2.24. The number of rotatable bonds is 5. The Hall–Kier alpha value is -1.59. The smallest absolute Gasteiger partial charge is 0.337 e. The zero-order chi connectivity index (χ0) is 14.6. The molecule has 0 radical (unpaired) electrons. The highest BCUT2D eigenvalue weighted by Gasteiger charge is 2.31. The number of hydrogen-bond acceptors (Lipinski definition) is 3. The van der Waals surface area contributed by atoms with Gasteiger partial charge in [0.15, 0.2) is 0 Å². The summed E-state index contributed by atoms with van der Waals surface area (Å²) in [6.45, 7) is 3.44. The molecule has 0 aliphatic rings. The Balaban J connectivity index is 3.08. The van der Waals surface area contributed by atoms with Crippen LogP contribution in [-0.2, 0) is 9.53 Å². The van der Waals surface area contributed by atoms with Gasteiger partial charge in [-0.3, -0.25) is 4.79 Å². The van der Waals surface area contributed by atoms with E-state index in [1.165, 1.54) is 25.3 Å². The molecule has 2 N–H and O–H groups in total. The molecular weight excluding hydrogens is 270 g/mol. The van der Waals surface area contributed by atoms with Gasteiger partial charge in [-0.15, -0.1) is 0 Å². The molecule has 1 aromatic carbocycles. The average molecular weight is 286 g/mol. The van der Waals surface area contributed by atoms with E-state index in [1.807, 2.05) is 0 Å². The molecule has 1 rings (SSSR count). The lowest BCUT2D eigenvalue weighted by Crippen LogP contribution is -2.41. The average Bonchev–Trinajstić information content (AvgIpc) is 2.37. The third-order valence-electron chi connectivity index (χ3n) is 3.07. The summed E-state index contributed by atoms with van der Waals surface area (Å²) < 4.78 is 5.16. The monoisotopic (exact) mass is 285 g/mol. The standard InChI is InChI=1S/C13H16ClNO4/c1-4-13(2,19-3)12(18)15-10-7-8(14)5-6-9(10)11(16)17/h5-7H,4H2,1-3H3,(H,15,18)(H,16,17). The van der Waals surface area contributed by atoms with Crippen LogP contribution in [0.4, 0.5) is 5.69 Å². The minimum Gasteiger partial charge on any atom is -0.478 e. The van der Waals surface area contributed by atoms with E-state index in [0.29, 0.717) is 11.4 Å². The van der Waals surface area contributed by atoms with Gasteiger partial charge < -0.3 is 15.2 Å². The lowest BCUT2D eigenvalue weighted by molar-refractivity contribution is -0.136. The molecule has 5 nitrogen and oxygen atoms in total. The van der Waals surface area contributed by atoms with Crippen molar-refractivity contribution in [3.8, 4) is 0 Å². The summed E-state index contributed by atoms with van der Waals surface area (Å²) >= 11 is 5.81. The lowest BCUT2D eigenvalue weighted by atomic mass is 10.0. The Bertz CT molecular complexity index is 497. The summed E-state index contributed by atoms with van der Waals surface area (Å²) in [4.78, 5) is 23.2. The third-order valence-corrected chi connectivity index (χ3v) is 3.30. The van der Waals surface area contributed by atoms with Crippen LogP contribution in [0.15, 0.2) is 18.2 Å². The van der Waals surface area contributed by atoms with Crippen LogP contribution in [0.1, 0.15) is 30.6 Å². The molecule has 19 heavy (non-hydrogen) atoms. The second-order valence-electron chi connectivity index (χ2n) is 4.24. The fourth-order valence-electron chi connectivity index (χ4n) is 1.46. The first kappa shape index (κ1) is 15.5. The zero-order valence-corrected chi connectivity index (χ0v) is 11.7. The van der Waals surface area contributed by atoms with Crippen LogP contribution < -0.4 is 5.32 Å². The van der Waals surface area contributed by atoms with E-state index in [1.54, 1.807) is 13.8 Å². The molecule has 0 fully saturated rings. The van der Waals surface area contributed by atoms with Crippen LogP contribution in [0, 0.1) is 0 Å². The Labute approximate surface area is 116 Å². The fraction of sp³-hybridized carbons (Fsp3) is 0.385. The predicted octanol–water partition coefficient (Wildman–Crippen LogP) is 2.79. The van der Waals surface area contributed by atoms with Crippen LogP contribution >= 0.6 is 11.6 Å². The van der Waals surface area contributed by atoms with Gasteiger partial charge in [0, 0.05) is 12.1 Å². The number of aromatic carboxylic acids is 1. The van der Waals surface area contributed by atoms with Crippen molar-refractivity contribution in [3.05, 3.63) is 28.8 Å². The van der Waals surface area contributed by atoms with Crippen molar-refractivity contribution in [2.24, 2.45) is 0 Å². The van der Waals surface area contributed by atoms with E-state index in [4.69, 9.17) is 21.4 Å². The molecule has 0 saturated carbocycles. The maximum Gasteiger partial charge on any atom is 0.337 e. The molecule has 6 heteroatoms. The summed E-state index contributed by atoms with van der Waals surface area (Å²) in [7, 11) is 1.43. The Morgan fingerprint density at radius 2 is 2.11 bits per heavy atom. The number of carboxylic acid groups (broad SMARTS) is 1. The van der Waals surface area contributed by atoms with E-state index in [0.717, 1.165) is 0 Å². The Kier molecular flexibility index (Phi) is 4.91. The molecule has 0 saturated heterocycles. The summed E-state index contributed by atoms with van der Waals surface area (Å²) in [5, 5.41) is 12.0. The fourth-order valence-corrected chi connectivity index (χ4v) is 1.63. The molecule has 1 amide bonds. The topological polar surface area (TPSA) is 75.6 Å². The SMILES string of the molecule is CCC(C)(OC)C(=O)Nc1cc(Cl)ccc1C(=O)O. The second-order valence-corrected chi connectivity index (χ2v) is 4.67. The summed E-state index contributed by atoms with van der Waals surface area (Å²) in [6.07, 6.45) is 0.457. The van der Waals surface area contributed by atoms with E-state index in [9.17, 15) is 9.59 Å². The van der Waals surface area contributed by atoms with Gasteiger partial charge in [0.2, 0.25) is 0 Å². The van der Waals surface area contributed by atoms with Gasteiger partial charge in [0.05, 0.1) is 11.3 Å². The number of halogens is 1. The van der Waals surface area contributed by atoms with Crippen LogP contribution in [0.5, 0.6) is 0 Å². The molecule has 0 heterocycles. The number of nitrogens with one attached hydrogen (secondary N) is 1. The molecule has 0 spiro atoms. The van der Waals surface area contributed by atoms with Crippen LogP contribution in [0.2, 0.25) is 5.02 Å². The minimum absolute atomic E-state index is 0.0210. The molecule has 0 aromatic heterocycles. The molecular formula is C13H16ClNO4. The minimum atomic E-state index is -1.14. The van der Waals surface area contributed by atoms with Gasteiger partial charge in [-0.1, -0.05) is 18.5 Å².